The second-order valence-electron chi connectivity index (χ2n) is 12.6. The van der Waals surface area contributed by atoms with E-state index in [-0.39, 0.29) is 11.7 Å². The highest BCUT2D eigenvalue weighted by molar-refractivity contribution is 6.05. The molecule has 0 atom stereocenters. The van der Waals surface area contributed by atoms with Gasteiger partial charge in [0.2, 0.25) is 0 Å². The largest absolute Gasteiger partial charge is 0.494 e. The van der Waals surface area contributed by atoms with Crippen molar-refractivity contribution in [3.8, 4) is 5.75 Å². The molecule has 3 fully saturated rings. The van der Waals surface area contributed by atoms with Crippen LogP contribution < -0.4 is 15.4 Å². The maximum absolute atomic E-state index is 13.1. The fourth-order valence-electron chi connectivity index (χ4n) is 7.24. The van der Waals surface area contributed by atoms with Crippen molar-refractivity contribution in [2.75, 3.05) is 45.2 Å². The van der Waals surface area contributed by atoms with Crippen LogP contribution in [0.15, 0.2) is 36.5 Å². The van der Waals surface area contributed by atoms with E-state index < -0.39 is 17.8 Å². The van der Waals surface area contributed by atoms with Crippen LogP contribution in [0.1, 0.15) is 80.0 Å². The molecule has 8 nitrogen and oxygen atoms in total. The van der Waals surface area contributed by atoms with E-state index in [4.69, 9.17) is 9.84 Å². The number of hydrogen-bond donors (Lipinski definition) is 2. The van der Waals surface area contributed by atoms with Crippen molar-refractivity contribution in [3.63, 3.8) is 0 Å². The van der Waals surface area contributed by atoms with E-state index in [2.05, 4.69) is 20.5 Å². The summed E-state index contributed by atoms with van der Waals surface area (Å²) in [5, 5.41) is 11.8. The predicted molar refractivity (Wildman–Crippen MR) is 159 cm³/mol. The highest BCUT2D eigenvalue weighted by atomic mass is 19.4. The molecule has 1 saturated carbocycles. The number of carbonyl (C=O) groups excluding carboxylic acids is 1. The smallest absolute Gasteiger partial charge is 0.433 e. The van der Waals surface area contributed by atoms with Gasteiger partial charge in [0.15, 0.2) is 0 Å². The summed E-state index contributed by atoms with van der Waals surface area (Å²) in [6.07, 6.45) is 9.00. The molecule has 0 unspecified atom stereocenters. The third-order valence-electron chi connectivity index (χ3n) is 9.98. The fraction of sp³-hybridized carbons (Fsp3) is 0.594. The minimum Gasteiger partial charge on any atom is -0.494 e. The van der Waals surface area contributed by atoms with Crippen molar-refractivity contribution in [1.29, 1.82) is 0 Å². The molecule has 232 valence electrons. The Hall–Kier alpha value is -3.18. The van der Waals surface area contributed by atoms with Crippen LogP contribution in [0.3, 0.4) is 0 Å². The Labute approximate surface area is 250 Å². The zero-order chi connectivity index (χ0) is 30.0. The summed E-state index contributed by atoms with van der Waals surface area (Å²) in [6, 6.07) is 7.03. The van der Waals surface area contributed by atoms with E-state index in [9.17, 15) is 18.0 Å². The van der Waals surface area contributed by atoms with Gasteiger partial charge in [0.1, 0.15) is 17.1 Å². The highest BCUT2D eigenvalue weighted by Gasteiger charge is 2.36. The molecule has 0 radical (unpaired) electrons. The molecular formula is C32H41F3N6O2. The topological polar surface area (TPSA) is 84.3 Å². The Kier molecular flexibility index (Phi) is 8.64. The van der Waals surface area contributed by atoms with Gasteiger partial charge in [-0.2, -0.15) is 18.3 Å². The number of hydrogen-bond acceptors (Lipinski definition) is 6. The Balaban J connectivity index is 1.04. The molecule has 0 bridgehead atoms. The minimum atomic E-state index is -4.64. The number of carbonyl (C=O) groups is 1. The number of ether oxygens (including phenoxy) is 1. The van der Waals surface area contributed by atoms with E-state index in [0.717, 1.165) is 48.8 Å². The Morgan fingerprint density at radius 2 is 1.84 bits per heavy atom. The number of aromatic nitrogens is 3. The van der Waals surface area contributed by atoms with Crippen LogP contribution in [0.5, 0.6) is 5.75 Å². The van der Waals surface area contributed by atoms with Gasteiger partial charge < -0.3 is 20.3 Å². The number of likely N-dealkylation sites (tertiary alicyclic amines) is 1. The molecule has 11 heteroatoms. The van der Waals surface area contributed by atoms with Crippen LogP contribution in [0.2, 0.25) is 0 Å². The van der Waals surface area contributed by atoms with Crippen molar-refractivity contribution in [1.82, 2.24) is 25.0 Å². The number of amides is 1. The van der Waals surface area contributed by atoms with E-state index in [0.29, 0.717) is 16.9 Å². The van der Waals surface area contributed by atoms with Gasteiger partial charge in [-0.1, -0.05) is 6.07 Å². The molecule has 2 N–H and O–H groups in total. The molecule has 4 heterocycles. The molecule has 1 aromatic carbocycles. The second kappa shape index (κ2) is 12.4. The summed E-state index contributed by atoms with van der Waals surface area (Å²) in [7, 11) is 1.48. The van der Waals surface area contributed by atoms with Crippen molar-refractivity contribution >= 4 is 22.5 Å². The molecule has 6 rings (SSSR count). The first-order valence-electron chi connectivity index (χ1n) is 15.6. The van der Waals surface area contributed by atoms with Crippen LogP contribution in [-0.4, -0.2) is 65.4 Å². The van der Waals surface area contributed by atoms with Gasteiger partial charge in [-0.3, -0.25) is 9.48 Å². The summed E-state index contributed by atoms with van der Waals surface area (Å²) in [5.41, 5.74) is 0.271. The molecule has 3 aromatic rings. The molecule has 2 aromatic heterocycles. The average Bonchev–Trinajstić information content (AvgIpc) is 3.43. The van der Waals surface area contributed by atoms with Crippen molar-refractivity contribution in [2.45, 2.75) is 70.0 Å². The summed E-state index contributed by atoms with van der Waals surface area (Å²) < 4.78 is 46.7. The Morgan fingerprint density at radius 3 is 2.53 bits per heavy atom. The lowest BCUT2D eigenvalue weighted by molar-refractivity contribution is -0.141. The van der Waals surface area contributed by atoms with Gasteiger partial charge in [0.05, 0.1) is 24.4 Å². The zero-order valence-corrected chi connectivity index (χ0v) is 24.8. The summed E-state index contributed by atoms with van der Waals surface area (Å²) >= 11 is 0. The number of methoxy groups -OCH3 is 1. The first-order valence-corrected chi connectivity index (χ1v) is 15.6. The predicted octanol–water partition coefficient (Wildman–Crippen LogP) is 6.30. The maximum Gasteiger partial charge on any atom is 0.433 e. The maximum atomic E-state index is 13.1. The summed E-state index contributed by atoms with van der Waals surface area (Å²) in [4.78, 5) is 18.9. The van der Waals surface area contributed by atoms with Crippen molar-refractivity contribution in [2.24, 2.45) is 11.3 Å². The monoisotopic (exact) mass is 598 g/mol. The SMILES string of the molecule is COc1cc2nn(C3CCN(CCC4CCC5(CCNCC5)CC4)CC3)cc2cc1NC(=O)c1cccc(C(F)(F)F)n1. The molecule has 2 saturated heterocycles. The number of rotatable bonds is 7. The lowest BCUT2D eigenvalue weighted by atomic mass is 9.65. The van der Waals surface area contributed by atoms with Gasteiger partial charge in [-0.05, 0) is 107 Å². The molecular weight excluding hydrogens is 557 g/mol. The first kappa shape index (κ1) is 29.9. The molecule has 1 spiro atoms. The number of nitrogens with zero attached hydrogens (tertiary/aromatic N) is 4. The van der Waals surface area contributed by atoms with Crippen LogP contribution in [-0.2, 0) is 6.18 Å². The summed E-state index contributed by atoms with van der Waals surface area (Å²) in [5.74, 6) is 0.493. The van der Waals surface area contributed by atoms with Crippen molar-refractivity contribution in [3.05, 3.63) is 47.9 Å². The van der Waals surface area contributed by atoms with Crippen LogP contribution in [0, 0.1) is 11.3 Å². The van der Waals surface area contributed by atoms with Gasteiger partial charge in [-0.25, -0.2) is 4.98 Å². The number of halogens is 3. The van der Waals surface area contributed by atoms with Gasteiger partial charge in [0.25, 0.3) is 5.91 Å². The number of benzene rings is 1. The summed E-state index contributed by atoms with van der Waals surface area (Å²) in [6.45, 7) is 5.67. The molecule has 2 aliphatic heterocycles. The average molecular weight is 599 g/mol. The number of piperidine rings is 2. The molecule has 3 aliphatic rings. The highest BCUT2D eigenvalue weighted by Crippen LogP contribution is 2.46. The lowest BCUT2D eigenvalue weighted by Gasteiger charge is -2.43. The van der Waals surface area contributed by atoms with Gasteiger partial charge in [-0.15, -0.1) is 0 Å². The minimum absolute atomic E-state index is 0.288. The standard InChI is InChI=1S/C32H41F3N6O2/c1-43-28-20-26-23(19-27(28)38-30(42)25-3-2-4-29(37-25)32(33,34)35)21-41(39-26)24-8-17-40(18-9-24)16-7-22-5-10-31(11-6-22)12-14-36-15-13-31/h2-4,19-22,24,36H,5-18H2,1H3,(H,38,42). The quantitative estimate of drug-likeness (QED) is 0.332. The molecule has 1 amide bonds. The molecule has 1 aliphatic carbocycles. The lowest BCUT2D eigenvalue weighted by Crippen LogP contribution is -2.40. The van der Waals surface area contributed by atoms with E-state index >= 15 is 0 Å². The Bertz CT molecular complexity index is 1420. The molecule has 43 heavy (non-hydrogen) atoms. The van der Waals surface area contributed by atoms with E-state index in [1.807, 2.05) is 10.9 Å². The van der Waals surface area contributed by atoms with E-state index in [1.54, 1.807) is 12.1 Å². The Morgan fingerprint density at radius 1 is 1.09 bits per heavy atom. The van der Waals surface area contributed by atoms with Crippen LogP contribution in [0.4, 0.5) is 18.9 Å². The van der Waals surface area contributed by atoms with Gasteiger partial charge >= 0.3 is 6.18 Å². The van der Waals surface area contributed by atoms with E-state index in [1.165, 1.54) is 83.8 Å². The number of fused-ring (bicyclic) bond motifs is 1. The zero-order valence-electron chi connectivity index (χ0n) is 24.8. The van der Waals surface area contributed by atoms with Crippen LogP contribution in [0.25, 0.3) is 10.9 Å². The number of pyridine rings is 1. The fourth-order valence-corrected chi connectivity index (χ4v) is 7.24. The third-order valence-corrected chi connectivity index (χ3v) is 9.98. The van der Waals surface area contributed by atoms with Crippen molar-refractivity contribution < 1.29 is 22.7 Å². The second-order valence-corrected chi connectivity index (χ2v) is 12.6. The first-order chi connectivity index (χ1) is 20.7. The van der Waals surface area contributed by atoms with Gasteiger partial charge in [0, 0.05) is 30.7 Å². The number of anilines is 1. The number of nitrogens with one attached hydrogen (secondary N) is 2. The normalized spacial score (nSPS) is 20.5. The third kappa shape index (κ3) is 6.82. The van der Waals surface area contributed by atoms with Crippen LogP contribution >= 0.6 is 0 Å². The number of alkyl halides is 3.